The minimum atomic E-state index is -4.45. The number of carbonyl (C=O) groups is 1. The van der Waals surface area contributed by atoms with Gasteiger partial charge in [0.2, 0.25) is 17.7 Å². The second-order valence-electron chi connectivity index (χ2n) is 9.86. The molecule has 0 aliphatic carbocycles. The fourth-order valence-electron chi connectivity index (χ4n) is 4.40. The molecular formula is C28H29F3N6O3S. The molecule has 2 N–H and O–H groups in total. The fourth-order valence-corrected chi connectivity index (χ4v) is 5.33. The van der Waals surface area contributed by atoms with E-state index in [4.69, 9.17) is 9.47 Å². The molecule has 5 rings (SSSR count). The summed E-state index contributed by atoms with van der Waals surface area (Å²) in [5.41, 5.74) is 0.631. The van der Waals surface area contributed by atoms with Crippen molar-refractivity contribution in [2.75, 3.05) is 36.9 Å². The first-order valence-electron chi connectivity index (χ1n) is 13.1. The Bertz CT molecular complexity index is 1530. The van der Waals surface area contributed by atoms with E-state index in [1.165, 1.54) is 30.4 Å². The molecule has 0 unspecified atom stereocenters. The summed E-state index contributed by atoms with van der Waals surface area (Å²) < 4.78 is 52.3. The van der Waals surface area contributed by atoms with Crippen molar-refractivity contribution in [3.05, 3.63) is 54.1 Å². The van der Waals surface area contributed by atoms with E-state index in [2.05, 4.69) is 44.3 Å². The van der Waals surface area contributed by atoms with Gasteiger partial charge in [-0.25, -0.2) is 9.97 Å². The van der Waals surface area contributed by atoms with Gasteiger partial charge in [-0.05, 0) is 38.1 Å². The van der Waals surface area contributed by atoms with Crippen LogP contribution in [0.1, 0.15) is 26.3 Å². The number of nitrogens with zero attached hydrogens (tertiary/aromatic N) is 4. The number of amides is 1. The van der Waals surface area contributed by atoms with Crippen LogP contribution in [0.25, 0.3) is 21.5 Å². The number of halogens is 3. The van der Waals surface area contributed by atoms with E-state index in [0.717, 1.165) is 29.9 Å². The summed E-state index contributed by atoms with van der Waals surface area (Å²) in [6, 6.07) is 12.1. The lowest BCUT2D eigenvalue weighted by Crippen LogP contribution is -2.48. The van der Waals surface area contributed by atoms with Crippen LogP contribution in [0.4, 0.5) is 24.3 Å². The number of benzene rings is 2. The van der Waals surface area contributed by atoms with Crippen molar-refractivity contribution in [2.45, 2.75) is 39.1 Å². The molecule has 4 aromatic rings. The van der Waals surface area contributed by atoms with Crippen LogP contribution in [0, 0.1) is 0 Å². The molecule has 0 spiro atoms. The Morgan fingerprint density at radius 1 is 1.17 bits per heavy atom. The van der Waals surface area contributed by atoms with E-state index in [0.29, 0.717) is 46.8 Å². The quantitative estimate of drug-likeness (QED) is 0.258. The van der Waals surface area contributed by atoms with E-state index in [-0.39, 0.29) is 23.8 Å². The van der Waals surface area contributed by atoms with Gasteiger partial charge in [0, 0.05) is 44.2 Å². The molecule has 216 valence electrons. The van der Waals surface area contributed by atoms with Gasteiger partial charge in [-0.1, -0.05) is 29.5 Å². The molecule has 1 aliphatic rings. The number of hydrogen-bond donors (Lipinski definition) is 2. The maximum absolute atomic E-state index is 13.1. The summed E-state index contributed by atoms with van der Waals surface area (Å²) in [6.45, 7) is 8.33. The number of alkyl halides is 3. The number of rotatable bonds is 8. The summed E-state index contributed by atoms with van der Waals surface area (Å²) in [5, 5.41) is 6.33. The van der Waals surface area contributed by atoms with Gasteiger partial charge in [0.25, 0.3) is 0 Å². The lowest BCUT2D eigenvalue weighted by Gasteiger charge is -2.35. The topological polar surface area (TPSA) is 102 Å². The number of aromatic nitrogens is 3. The third kappa shape index (κ3) is 7.10. The molecular weight excluding hydrogens is 557 g/mol. The number of morpholine rings is 1. The average molecular weight is 587 g/mol. The Kier molecular flexibility index (Phi) is 8.38. The van der Waals surface area contributed by atoms with Crippen LogP contribution >= 0.6 is 11.3 Å². The van der Waals surface area contributed by atoms with Gasteiger partial charge in [0.15, 0.2) is 10.9 Å². The second kappa shape index (κ2) is 12.0. The van der Waals surface area contributed by atoms with Crippen molar-refractivity contribution in [3.8, 4) is 22.9 Å². The van der Waals surface area contributed by atoms with E-state index in [1.807, 2.05) is 6.07 Å². The van der Waals surface area contributed by atoms with Gasteiger partial charge in [-0.15, -0.1) is 0 Å². The highest BCUT2D eigenvalue weighted by molar-refractivity contribution is 7.22. The molecule has 13 heteroatoms. The largest absolute Gasteiger partial charge is 0.437 e. The maximum atomic E-state index is 13.1. The fraction of sp³-hybridized carbons (Fsp3) is 0.357. The standard InChI is InChI=1S/C28H29F3N6O3S/c1-16(2)37-11-12-39-20(15-37)14-32-26-34-21(18-7-9-19(10-8-18)28(29,30)31)13-24(35-26)40-22-5-4-6-23-25(22)36-27(41-23)33-17(3)38/h4-10,13,16,20H,11-12,14-15H2,1-3H3,(H,32,34,35)(H,33,36,38)/t20-/m1/s1. The molecule has 1 atom stereocenters. The highest BCUT2D eigenvalue weighted by Crippen LogP contribution is 2.36. The first kappa shape index (κ1) is 28.7. The minimum Gasteiger partial charge on any atom is -0.437 e. The second-order valence-corrected chi connectivity index (χ2v) is 10.9. The van der Waals surface area contributed by atoms with Gasteiger partial charge in [0.1, 0.15) is 5.52 Å². The normalized spacial score (nSPS) is 16.2. The van der Waals surface area contributed by atoms with Crippen LogP contribution < -0.4 is 15.4 Å². The third-order valence-corrected chi connectivity index (χ3v) is 7.41. The molecule has 3 heterocycles. The van der Waals surface area contributed by atoms with Crippen LogP contribution in [0.3, 0.4) is 0 Å². The van der Waals surface area contributed by atoms with Crippen molar-refractivity contribution >= 4 is 38.5 Å². The Labute approximate surface area is 238 Å². The van der Waals surface area contributed by atoms with Gasteiger partial charge in [-0.2, -0.15) is 18.2 Å². The number of carbonyl (C=O) groups excluding carboxylic acids is 1. The van der Waals surface area contributed by atoms with Crippen molar-refractivity contribution in [1.29, 1.82) is 0 Å². The summed E-state index contributed by atoms with van der Waals surface area (Å²) >= 11 is 1.30. The molecule has 0 radical (unpaired) electrons. The lowest BCUT2D eigenvalue weighted by molar-refractivity contribution is -0.137. The molecule has 1 fully saturated rings. The Balaban J connectivity index is 1.45. The van der Waals surface area contributed by atoms with Crippen LogP contribution in [0.15, 0.2) is 48.5 Å². The molecule has 41 heavy (non-hydrogen) atoms. The number of para-hydroxylation sites is 1. The maximum Gasteiger partial charge on any atom is 0.416 e. The Morgan fingerprint density at radius 3 is 2.66 bits per heavy atom. The number of anilines is 2. The zero-order valence-corrected chi connectivity index (χ0v) is 23.5. The van der Waals surface area contributed by atoms with Gasteiger partial charge in [0.05, 0.1) is 28.7 Å². The van der Waals surface area contributed by atoms with E-state index in [9.17, 15) is 18.0 Å². The van der Waals surface area contributed by atoms with Crippen molar-refractivity contribution in [2.24, 2.45) is 0 Å². The Hall–Kier alpha value is -3.81. The van der Waals surface area contributed by atoms with E-state index >= 15 is 0 Å². The van der Waals surface area contributed by atoms with Crippen molar-refractivity contribution in [3.63, 3.8) is 0 Å². The monoisotopic (exact) mass is 586 g/mol. The SMILES string of the molecule is CC(=O)Nc1nc2c(Oc3cc(-c4ccc(C(F)(F)F)cc4)nc(NC[C@@H]4CN(C(C)C)CCO4)n3)cccc2s1. The van der Waals surface area contributed by atoms with Crippen LogP contribution in [-0.2, 0) is 15.7 Å². The predicted molar refractivity (Wildman–Crippen MR) is 151 cm³/mol. The highest BCUT2D eigenvalue weighted by Gasteiger charge is 2.30. The van der Waals surface area contributed by atoms with E-state index < -0.39 is 11.7 Å². The van der Waals surface area contributed by atoms with Crippen molar-refractivity contribution < 1.29 is 27.4 Å². The molecule has 1 aliphatic heterocycles. The van der Waals surface area contributed by atoms with Crippen LogP contribution in [0.5, 0.6) is 11.6 Å². The molecule has 1 saturated heterocycles. The summed E-state index contributed by atoms with van der Waals surface area (Å²) in [6.07, 6.45) is -4.54. The van der Waals surface area contributed by atoms with Crippen LogP contribution in [0.2, 0.25) is 0 Å². The summed E-state index contributed by atoms with van der Waals surface area (Å²) in [7, 11) is 0. The van der Waals surface area contributed by atoms with Gasteiger partial charge < -0.3 is 20.1 Å². The third-order valence-electron chi connectivity index (χ3n) is 6.48. The first-order valence-corrected chi connectivity index (χ1v) is 13.9. The molecule has 1 amide bonds. The Morgan fingerprint density at radius 2 is 1.95 bits per heavy atom. The number of thiazole rings is 1. The summed E-state index contributed by atoms with van der Waals surface area (Å²) in [5.74, 6) is 0.582. The number of fused-ring (bicyclic) bond motifs is 1. The van der Waals surface area contributed by atoms with E-state index in [1.54, 1.807) is 18.2 Å². The zero-order chi connectivity index (χ0) is 29.1. The highest BCUT2D eigenvalue weighted by atomic mass is 32.1. The van der Waals surface area contributed by atoms with Crippen molar-refractivity contribution in [1.82, 2.24) is 19.9 Å². The van der Waals surface area contributed by atoms with Gasteiger partial charge >= 0.3 is 6.18 Å². The van der Waals surface area contributed by atoms with Crippen LogP contribution in [-0.4, -0.2) is 64.1 Å². The smallest absolute Gasteiger partial charge is 0.416 e. The molecule has 0 bridgehead atoms. The minimum absolute atomic E-state index is 0.0928. The molecule has 2 aromatic carbocycles. The zero-order valence-electron chi connectivity index (χ0n) is 22.7. The predicted octanol–water partition coefficient (Wildman–Crippen LogP) is 6.04. The average Bonchev–Trinajstić information content (AvgIpc) is 3.34. The first-order chi connectivity index (χ1) is 19.5. The molecule has 9 nitrogen and oxygen atoms in total. The number of ether oxygens (including phenoxy) is 2. The number of nitrogens with one attached hydrogen (secondary N) is 2. The number of hydrogen-bond acceptors (Lipinski definition) is 9. The molecule has 2 aromatic heterocycles. The molecule has 0 saturated carbocycles. The summed E-state index contributed by atoms with van der Waals surface area (Å²) in [4.78, 5) is 27.4. The lowest BCUT2D eigenvalue weighted by atomic mass is 10.1. The van der Waals surface area contributed by atoms with Gasteiger partial charge in [-0.3, -0.25) is 9.69 Å².